The van der Waals surface area contributed by atoms with Crippen molar-refractivity contribution in [2.45, 2.75) is 39.5 Å². The Hall–Kier alpha value is -3.34. The highest BCUT2D eigenvalue weighted by Crippen LogP contribution is 2.35. The number of aryl methyl sites for hydroxylation is 2. The first-order chi connectivity index (χ1) is 15.1. The number of halogens is 4. The molecule has 12 heteroatoms. The van der Waals surface area contributed by atoms with Crippen molar-refractivity contribution in [1.29, 1.82) is 0 Å². The van der Waals surface area contributed by atoms with Gasteiger partial charge in [-0.15, -0.1) is 0 Å². The van der Waals surface area contributed by atoms with E-state index in [1.807, 2.05) is 6.92 Å². The number of aromatic nitrogens is 4. The van der Waals surface area contributed by atoms with Crippen LogP contribution < -0.4 is 10.6 Å². The zero-order chi connectivity index (χ0) is 23.5. The van der Waals surface area contributed by atoms with Crippen LogP contribution >= 0.6 is 11.6 Å². The van der Waals surface area contributed by atoms with Crippen molar-refractivity contribution >= 4 is 34.8 Å². The average Bonchev–Trinajstić information content (AvgIpc) is 3.32. The Morgan fingerprint density at radius 3 is 2.44 bits per heavy atom. The number of nitrogens with zero attached hydrogens (tertiary/aromatic N) is 4. The molecule has 0 atom stereocenters. The van der Waals surface area contributed by atoms with Crippen LogP contribution in [0.3, 0.4) is 0 Å². The molecular formula is C20H20ClF3N6O2. The quantitative estimate of drug-likeness (QED) is 0.538. The molecule has 0 spiro atoms. The van der Waals surface area contributed by atoms with E-state index < -0.39 is 22.8 Å². The maximum absolute atomic E-state index is 12.9. The van der Waals surface area contributed by atoms with E-state index in [1.165, 1.54) is 13.1 Å². The van der Waals surface area contributed by atoms with Gasteiger partial charge in [-0.05, 0) is 38.1 Å². The molecule has 8 nitrogen and oxygen atoms in total. The fraction of sp³-hybridized carbons (Fsp3) is 0.300. The van der Waals surface area contributed by atoms with Gasteiger partial charge < -0.3 is 10.6 Å². The zero-order valence-electron chi connectivity index (χ0n) is 17.2. The van der Waals surface area contributed by atoms with Crippen molar-refractivity contribution in [2.24, 2.45) is 0 Å². The molecule has 2 heterocycles. The third-order valence-electron chi connectivity index (χ3n) is 4.61. The highest BCUT2D eigenvalue weighted by molar-refractivity contribution is 6.31. The molecule has 0 aliphatic carbocycles. The van der Waals surface area contributed by atoms with Crippen LogP contribution in [0.4, 0.5) is 24.5 Å². The summed E-state index contributed by atoms with van der Waals surface area (Å²) in [6.45, 7) is 3.73. The Balaban J connectivity index is 1.61. The minimum absolute atomic E-state index is 0.0785. The van der Waals surface area contributed by atoms with Crippen LogP contribution in [0.1, 0.15) is 35.2 Å². The van der Waals surface area contributed by atoms with Crippen LogP contribution in [0.5, 0.6) is 0 Å². The van der Waals surface area contributed by atoms with Crippen LogP contribution in [0.15, 0.2) is 36.5 Å². The van der Waals surface area contributed by atoms with E-state index in [2.05, 4.69) is 20.8 Å². The van der Waals surface area contributed by atoms with E-state index in [-0.39, 0.29) is 24.6 Å². The molecule has 32 heavy (non-hydrogen) atoms. The van der Waals surface area contributed by atoms with E-state index >= 15 is 0 Å². The van der Waals surface area contributed by atoms with Gasteiger partial charge in [0, 0.05) is 30.5 Å². The Morgan fingerprint density at radius 2 is 1.81 bits per heavy atom. The van der Waals surface area contributed by atoms with Gasteiger partial charge in [0.25, 0.3) is 5.91 Å². The summed E-state index contributed by atoms with van der Waals surface area (Å²) in [6.07, 6.45) is -3.27. The SMILES string of the molecule is CCn1nccc1C(=O)Nc1cccc(NC(=O)CCn2nc(C(F)(F)F)c(Cl)c2C)c1. The van der Waals surface area contributed by atoms with Gasteiger partial charge in [0.1, 0.15) is 5.69 Å². The number of alkyl halides is 3. The van der Waals surface area contributed by atoms with Gasteiger partial charge in [-0.2, -0.15) is 23.4 Å². The summed E-state index contributed by atoms with van der Waals surface area (Å²) in [6, 6.07) is 8.10. The molecule has 0 unspecified atom stereocenters. The van der Waals surface area contributed by atoms with E-state index in [4.69, 9.17) is 11.6 Å². The highest BCUT2D eigenvalue weighted by atomic mass is 35.5. The lowest BCUT2D eigenvalue weighted by atomic mass is 10.2. The normalized spacial score (nSPS) is 11.4. The van der Waals surface area contributed by atoms with Gasteiger partial charge in [0.15, 0.2) is 5.69 Å². The van der Waals surface area contributed by atoms with Gasteiger partial charge >= 0.3 is 6.18 Å². The van der Waals surface area contributed by atoms with Crippen LogP contribution in [-0.4, -0.2) is 31.4 Å². The summed E-state index contributed by atoms with van der Waals surface area (Å²) in [5.41, 5.74) is 0.227. The molecule has 0 radical (unpaired) electrons. The first-order valence-corrected chi connectivity index (χ1v) is 10.0. The molecule has 0 bridgehead atoms. The maximum atomic E-state index is 12.9. The summed E-state index contributed by atoms with van der Waals surface area (Å²) in [5, 5.41) is 12.4. The number of hydrogen-bond acceptors (Lipinski definition) is 4. The predicted molar refractivity (Wildman–Crippen MR) is 113 cm³/mol. The average molecular weight is 469 g/mol. The van der Waals surface area contributed by atoms with Crippen molar-refractivity contribution in [1.82, 2.24) is 19.6 Å². The van der Waals surface area contributed by atoms with E-state index in [0.717, 1.165) is 4.68 Å². The third-order valence-corrected chi connectivity index (χ3v) is 5.06. The Labute approximate surface area is 186 Å². The van der Waals surface area contributed by atoms with Gasteiger partial charge in [-0.25, -0.2) is 0 Å². The van der Waals surface area contributed by atoms with Gasteiger partial charge in [0.2, 0.25) is 5.91 Å². The van der Waals surface area contributed by atoms with Crippen molar-refractivity contribution in [3.63, 3.8) is 0 Å². The van der Waals surface area contributed by atoms with Crippen molar-refractivity contribution in [3.05, 3.63) is 58.6 Å². The lowest BCUT2D eigenvalue weighted by molar-refractivity contribution is -0.141. The summed E-state index contributed by atoms with van der Waals surface area (Å²) in [7, 11) is 0. The third kappa shape index (κ3) is 5.28. The zero-order valence-corrected chi connectivity index (χ0v) is 18.0. The molecule has 2 amide bonds. The number of nitrogens with one attached hydrogen (secondary N) is 2. The lowest BCUT2D eigenvalue weighted by Gasteiger charge is -2.10. The monoisotopic (exact) mass is 468 g/mol. The van der Waals surface area contributed by atoms with E-state index in [9.17, 15) is 22.8 Å². The Morgan fingerprint density at radius 1 is 1.12 bits per heavy atom. The largest absolute Gasteiger partial charge is 0.436 e. The molecule has 1 aromatic carbocycles. The van der Waals surface area contributed by atoms with Crippen molar-refractivity contribution < 1.29 is 22.8 Å². The molecule has 0 aliphatic rings. The van der Waals surface area contributed by atoms with Gasteiger partial charge in [-0.3, -0.25) is 19.0 Å². The second kappa shape index (κ2) is 9.43. The lowest BCUT2D eigenvalue weighted by Crippen LogP contribution is -2.18. The molecule has 0 saturated carbocycles. The molecule has 2 N–H and O–H groups in total. The molecular weight excluding hydrogens is 449 g/mol. The molecule has 0 saturated heterocycles. The number of carbonyl (C=O) groups is 2. The molecule has 2 aromatic heterocycles. The standard InChI is InChI=1S/C20H20ClF3N6O2/c1-3-29-15(7-9-25-29)19(32)27-14-6-4-5-13(11-14)26-16(31)8-10-30-12(2)17(21)18(28-30)20(22,23)24/h4-7,9,11H,3,8,10H2,1-2H3,(H,26,31)(H,27,32). The van der Waals surface area contributed by atoms with Crippen LogP contribution in [0.25, 0.3) is 0 Å². The summed E-state index contributed by atoms with van der Waals surface area (Å²) < 4.78 is 41.3. The van der Waals surface area contributed by atoms with Crippen molar-refractivity contribution in [3.8, 4) is 0 Å². The van der Waals surface area contributed by atoms with E-state index in [1.54, 1.807) is 35.0 Å². The van der Waals surface area contributed by atoms with Crippen LogP contribution in [0, 0.1) is 6.92 Å². The molecule has 170 valence electrons. The number of carbonyl (C=O) groups excluding carboxylic acids is 2. The molecule has 3 rings (SSSR count). The molecule has 0 aliphatic heterocycles. The van der Waals surface area contributed by atoms with E-state index in [0.29, 0.717) is 23.6 Å². The summed E-state index contributed by atoms with van der Waals surface area (Å²) in [5.74, 6) is -0.781. The first kappa shape index (κ1) is 23.3. The predicted octanol–water partition coefficient (Wildman–Crippen LogP) is 4.36. The maximum Gasteiger partial charge on any atom is 0.436 e. The number of benzene rings is 1. The van der Waals surface area contributed by atoms with Crippen LogP contribution in [0.2, 0.25) is 5.02 Å². The fourth-order valence-electron chi connectivity index (χ4n) is 3.00. The van der Waals surface area contributed by atoms with Crippen LogP contribution in [-0.2, 0) is 24.1 Å². The second-order valence-corrected chi connectivity index (χ2v) is 7.21. The second-order valence-electron chi connectivity index (χ2n) is 6.83. The highest BCUT2D eigenvalue weighted by Gasteiger charge is 2.38. The summed E-state index contributed by atoms with van der Waals surface area (Å²) >= 11 is 5.71. The number of rotatable bonds is 7. The molecule has 0 fully saturated rings. The minimum atomic E-state index is -4.67. The Bertz CT molecular complexity index is 1140. The Kier molecular flexibility index (Phi) is 6.87. The number of amides is 2. The molecule has 3 aromatic rings. The topological polar surface area (TPSA) is 93.8 Å². The summed E-state index contributed by atoms with van der Waals surface area (Å²) in [4.78, 5) is 24.7. The fourth-order valence-corrected chi connectivity index (χ4v) is 3.24. The van der Waals surface area contributed by atoms with Gasteiger partial charge in [0.05, 0.1) is 17.3 Å². The minimum Gasteiger partial charge on any atom is -0.326 e. The van der Waals surface area contributed by atoms with Gasteiger partial charge in [-0.1, -0.05) is 17.7 Å². The smallest absolute Gasteiger partial charge is 0.326 e. The number of hydrogen-bond donors (Lipinski definition) is 2. The first-order valence-electron chi connectivity index (χ1n) is 9.63. The van der Waals surface area contributed by atoms with Crippen molar-refractivity contribution in [2.75, 3.05) is 10.6 Å². The number of anilines is 2.